The van der Waals surface area contributed by atoms with E-state index < -0.39 is 40.5 Å². The van der Waals surface area contributed by atoms with Gasteiger partial charge in [0.1, 0.15) is 37.5 Å². The summed E-state index contributed by atoms with van der Waals surface area (Å²) in [5.74, 6) is -4.64. The zero-order chi connectivity index (χ0) is 47.9. The van der Waals surface area contributed by atoms with E-state index in [-0.39, 0.29) is 80.0 Å². The van der Waals surface area contributed by atoms with Crippen molar-refractivity contribution in [3.63, 3.8) is 0 Å². The molecule has 3 aliphatic carbocycles. The van der Waals surface area contributed by atoms with E-state index in [2.05, 4.69) is 0 Å². The van der Waals surface area contributed by atoms with Gasteiger partial charge < -0.3 is 9.47 Å². The number of rotatable bonds is 8. The molecule has 326 valence electrons. The van der Waals surface area contributed by atoms with Crippen LogP contribution >= 0.6 is 45.3 Å². The number of Topliss-reactive ketones (excluding diaryl/α,β-unsaturated/α-hetero) is 4. The van der Waals surface area contributed by atoms with E-state index in [4.69, 9.17) is 9.47 Å². The Morgan fingerprint density at radius 2 is 0.957 bits per heavy atom. The maximum Gasteiger partial charge on any atom is 0.333 e. The summed E-state index contributed by atoms with van der Waals surface area (Å²) < 4.78 is 16.8. The average molecular weight is 971 g/mol. The maximum atomic E-state index is 15.3. The number of hydrogen-bond acceptors (Lipinski definition) is 16. The van der Waals surface area contributed by atoms with Crippen LogP contribution in [0.4, 0.5) is 0 Å². The fourth-order valence-corrected chi connectivity index (χ4v) is 14.7. The number of esters is 2. The first-order valence-corrected chi connectivity index (χ1v) is 23.9. The number of nitrogens with zero attached hydrogens (tertiary/aromatic N) is 4. The second-order valence-electron chi connectivity index (χ2n) is 15.9. The lowest BCUT2D eigenvalue weighted by Gasteiger charge is -2.28. The molecule has 16 heteroatoms. The Balaban J connectivity index is 1.06. The number of hydrogen-bond donors (Lipinski definition) is 0. The van der Waals surface area contributed by atoms with Gasteiger partial charge in [-0.15, -0.1) is 45.3 Å². The molecule has 0 saturated carbocycles. The molecule has 4 aromatic heterocycles. The molecule has 0 spiro atoms. The third kappa shape index (κ3) is 6.47. The molecule has 3 aliphatic rings. The monoisotopic (exact) mass is 970 g/mol. The first kappa shape index (κ1) is 42.9. The number of carbonyl (C=O) groups excluding carboxylic acids is 6. The maximum absolute atomic E-state index is 15.3. The molecule has 0 saturated heterocycles. The zero-order valence-corrected chi connectivity index (χ0v) is 38.3. The minimum Gasteiger partial charge on any atom is -0.459 e. The summed E-state index contributed by atoms with van der Waals surface area (Å²) in [6.45, 7) is -0.473. The summed E-state index contributed by atoms with van der Waals surface area (Å²) in [6, 6.07) is 32.1. The Bertz CT molecular complexity index is 3860. The molecule has 4 heterocycles. The van der Waals surface area contributed by atoms with Gasteiger partial charge in [0.2, 0.25) is 5.41 Å². The molecule has 4 aromatic carbocycles. The zero-order valence-electron chi connectivity index (χ0n) is 35.0. The highest BCUT2D eigenvalue weighted by Crippen LogP contribution is 2.58. The van der Waals surface area contributed by atoms with Gasteiger partial charge in [-0.1, -0.05) is 60.7 Å². The highest BCUT2D eigenvalue weighted by atomic mass is 32.1. The van der Waals surface area contributed by atoms with Crippen LogP contribution in [0.3, 0.4) is 0 Å². The summed E-state index contributed by atoms with van der Waals surface area (Å²) in [7, 11) is 0. The molecule has 8 aromatic rings. The van der Waals surface area contributed by atoms with E-state index in [0.29, 0.717) is 25.6 Å². The molecule has 11 rings (SSSR count). The van der Waals surface area contributed by atoms with Crippen molar-refractivity contribution in [1.29, 1.82) is 21.0 Å². The molecule has 0 N–H and O–H groups in total. The van der Waals surface area contributed by atoms with Gasteiger partial charge in [0, 0.05) is 42.3 Å². The van der Waals surface area contributed by atoms with Gasteiger partial charge in [0.15, 0.2) is 23.1 Å². The quantitative estimate of drug-likeness (QED) is 0.0601. The highest BCUT2D eigenvalue weighted by molar-refractivity contribution is 7.44. The lowest BCUT2D eigenvalue weighted by atomic mass is 9.76. The number of benzene rings is 4. The van der Waals surface area contributed by atoms with Gasteiger partial charge in [-0.05, 0) is 65.3 Å². The topological polar surface area (TPSA) is 216 Å². The summed E-state index contributed by atoms with van der Waals surface area (Å²) >= 11 is 5.42. The van der Waals surface area contributed by atoms with Gasteiger partial charge in [-0.3, -0.25) is 28.8 Å². The van der Waals surface area contributed by atoms with Crippen LogP contribution in [-0.4, -0.2) is 35.1 Å². The number of allylic oxidation sites excluding steroid dienone is 3. The van der Waals surface area contributed by atoms with E-state index in [9.17, 15) is 40.2 Å². The first-order chi connectivity index (χ1) is 33.5. The van der Waals surface area contributed by atoms with Crippen molar-refractivity contribution in [2.45, 2.75) is 18.6 Å². The minimum absolute atomic E-state index is 0.00460. The largest absolute Gasteiger partial charge is 0.459 e. The van der Waals surface area contributed by atoms with Crippen LogP contribution in [0.25, 0.3) is 40.4 Å². The van der Waals surface area contributed by atoms with Crippen molar-refractivity contribution in [1.82, 2.24) is 0 Å². The molecule has 0 amide bonds. The van der Waals surface area contributed by atoms with Crippen molar-refractivity contribution in [3.05, 3.63) is 185 Å². The van der Waals surface area contributed by atoms with Crippen LogP contribution in [-0.2, 0) is 37.7 Å². The number of ether oxygens (including phenoxy) is 2. The van der Waals surface area contributed by atoms with E-state index in [1.165, 1.54) is 81.8 Å². The van der Waals surface area contributed by atoms with Crippen LogP contribution in [0.5, 0.6) is 0 Å². The van der Waals surface area contributed by atoms with Crippen molar-refractivity contribution < 1.29 is 38.2 Å². The second-order valence-corrected chi connectivity index (χ2v) is 20.2. The molecule has 69 heavy (non-hydrogen) atoms. The number of thiophene rings is 4. The normalized spacial score (nSPS) is 14.2. The van der Waals surface area contributed by atoms with Crippen molar-refractivity contribution in [3.8, 4) is 24.3 Å². The molecular weight excluding hydrogens is 949 g/mol. The Labute approximate surface area is 405 Å². The lowest BCUT2D eigenvalue weighted by molar-refractivity contribution is -0.164. The van der Waals surface area contributed by atoms with Crippen LogP contribution < -0.4 is 0 Å². The first-order valence-electron chi connectivity index (χ1n) is 20.6. The SMILES string of the molecule is N#Cc1cc2c(cc1C#N)C(=O)C(=CC1=Cc3sc4c(sc5c6sc(C=C7C(=O)c8cc(C#N)c(C#N)cc8C7=O)cc6sc45)c3C1(C(=O)OCc1ccccc1)C(=O)OCc1ccccc1)C2=O. The summed E-state index contributed by atoms with van der Waals surface area (Å²) in [6.07, 6.45) is 4.32. The second kappa shape index (κ2) is 16.2. The standard InChI is InChI=1S/C53H22N4O8S4/c54-19-27-11-33-34(12-28(27)20-55)43(59)37(42(33)58)15-31-16-39-41(53(31,51(62)64-23-25-7-3-1-4-8-25)52(63)65-24-26-9-5-2-6-10-26)47-49(67-39)50-48(69-47)46-40(68-50)18-32(66-46)17-38-44(60)35-13-29(21-56)30(22-57)14-36(35)45(38)61/h1-18H,23-24H2. The number of carbonyl (C=O) groups is 6. The van der Waals surface area contributed by atoms with E-state index in [1.54, 1.807) is 66.7 Å². The van der Waals surface area contributed by atoms with E-state index in [0.717, 1.165) is 23.5 Å². The summed E-state index contributed by atoms with van der Waals surface area (Å²) in [5, 5.41) is 38.5. The minimum atomic E-state index is -2.37. The number of nitriles is 4. The smallest absolute Gasteiger partial charge is 0.333 e. The molecule has 0 radical (unpaired) electrons. The van der Waals surface area contributed by atoms with Gasteiger partial charge in [-0.25, -0.2) is 0 Å². The fourth-order valence-electron chi connectivity index (χ4n) is 8.83. The van der Waals surface area contributed by atoms with Crippen molar-refractivity contribution in [2.75, 3.05) is 0 Å². The molecular formula is C53H22N4O8S4. The van der Waals surface area contributed by atoms with Crippen LogP contribution in [0.2, 0.25) is 0 Å². The molecule has 0 unspecified atom stereocenters. The van der Waals surface area contributed by atoms with Crippen molar-refractivity contribution in [2.24, 2.45) is 0 Å². The highest BCUT2D eigenvalue weighted by Gasteiger charge is 2.59. The Morgan fingerprint density at radius 3 is 1.42 bits per heavy atom. The van der Waals surface area contributed by atoms with E-state index >= 15 is 9.59 Å². The van der Waals surface area contributed by atoms with E-state index in [1.807, 2.05) is 30.3 Å². The van der Waals surface area contributed by atoms with Gasteiger partial charge >= 0.3 is 11.9 Å². The molecule has 0 bridgehead atoms. The number of ketones is 4. The predicted octanol–water partition coefficient (Wildman–Crippen LogP) is 10.5. The predicted molar refractivity (Wildman–Crippen MR) is 258 cm³/mol. The molecule has 0 aliphatic heterocycles. The molecule has 12 nitrogen and oxygen atoms in total. The third-order valence-electron chi connectivity index (χ3n) is 12.1. The van der Waals surface area contributed by atoms with Gasteiger partial charge in [-0.2, -0.15) is 21.0 Å². The summed E-state index contributed by atoms with van der Waals surface area (Å²) in [5.41, 5.74) is -1.67. The Kier molecular flexibility index (Phi) is 10.1. The van der Waals surface area contributed by atoms with Crippen LogP contribution in [0, 0.1) is 45.3 Å². The average Bonchev–Trinajstić information content (AvgIpc) is 4.23. The third-order valence-corrected chi connectivity index (χ3v) is 17.4. The molecule has 0 fully saturated rings. The Morgan fingerprint density at radius 1 is 0.522 bits per heavy atom. The fraction of sp³-hybridized carbons (Fsp3) is 0.0566. The lowest BCUT2D eigenvalue weighted by Crippen LogP contribution is -2.46. The van der Waals surface area contributed by atoms with Crippen LogP contribution in [0.15, 0.2) is 114 Å². The van der Waals surface area contributed by atoms with Crippen LogP contribution in [0.1, 0.15) is 90.1 Å². The Hall–Kier alpha value is -8.74. The molecule has 0 atom stereocenters. The number of fused-ring (bicyclic) bond motifs is 9. The van der Waals surface area contributed by atoms with Gasteiger partial charge in [0.05, 0.1) is 56.9 Å². The van der Waals surface area contributed by atoms with Gasteiger partial charge in [0.25, 0.3) is 0 Å². The summed E-state index contributed by atoms with van der Waals surface area (Å²) in [4.78, 5) is 86.9. The van der Waals surface area contributed by atoms with Crippen molar-refractivity contribution >= 4 is 121 Å².